The molecule has 2 unspecified atom stereocenters. The summed E-state index contributed by atoms with van der Waals surface area (Å²) in [5, 5.41) is 3.03. The molecule has 1 N–H and O–H groups in total. The Labute approximate surface area is 176 Å². The molecule has 1 fully saturated rings. The fraction of sp³-hybridized carbons (Fsp3) is 0.320. The van der Waals surface area contributed by atoms with Crippen LogP contribution in [0, 0.1) is 11.7 Å². The maximum absolute atomic E-state index is 13.0. The molecule has 4 nitrogen and oxygen atoms in total. The molecule has 0 aliphatic heterocycles. The minimum absolute atomic E-state index is 0.0515. The highest BCUT2D eigenvalue weighted by Crippen LogP contribution is 2.34. The predicted octanol–water partition coefficient (Wildman–Crippen LogP) is 6.10. The van der Waals surface area contributed by atoms with Crippen molar-refractivity contribution in [2.75, 3.05) is 0 Å². The molecule has 3 aromatic rings. The summed E-state index contributed by atoms with van der Waals surface area (Å²) < 4.78 is 20.8. The van der Waals surface area contributed by atoms with Crippen LogP contribution in [-0.2, 0) is 6.54 Å². The van der Waals surface area contributed by atoms with Gasteiger partial charge in [-0.05, 0) is 72.9 Å². The van der Waals surface area contributed by atoms with Crippen LogP contribution in [-0.4, -0.2) is 10.5 Å². The Morgan fingerprint density at radius 2 is 1.70 bits per heavy atom. The molecule has 30 heavy (non-hydrogen) atoms. The highest BCUT2D eigenvalue weighted by atomic mass is 19.1. The Morgan fingerprint density at radius 1 is 1.03 bits per heavy atom. The van der Waals surface area contributed by atoms with Gasteiger partial charge >= 0.3 is 0 Å². The van der Waals surface area contributed by atoms with Crippen molar-refractivity contribution >= 4 is 5.91 Å². The van der Waals surface area contributed by atoms with Gasteiger partial charge in [-0.25, -0.2) is 4.39 Å². The van der Waals surface area contributed by atoms with Crippen LogP contribution in [0.5, 0.6) is 11.5 Å². The van der Waals surface area contributed by atoms with Crippen LogP contribution < -0.4 is 10.1 Å². The van der Waals surface area contributed by atoms with E-state index < -0.39 is 0 Å². The summed E-state index contributed by atoms with van der Waals surface area (Å²) in [5.74, 6) is 1.49. The standard InChI is InChI=1S/C25H27FN2O2/c1-18-5-2-3-6-23(18)28-16-4-7-24(28)25(29)27-17-19-8-12-21(13-9-19)30-22-14-10-20(26)11-15-22/h4,7-16,18,23H,2-3,5-6,17H2,1H3,(H,27,29). The van der Waals surface area contributed by atoms with Gasteiger partial charge in [0.05, 0.1) is 0 Å². The summed E-state index contributed by atoms with van der Waals surface area (Å²) in [6.07, 6.45) is 6.88. The molecule has 0 saturated heterocycles. The number of hydrogen-bond acceptors (Lipinski definition) is 2. The summed E-state index contributed by atoms with van der Waals surface area (Å²) in [5.41, 5.74) is 1.71. The molecule has 4 rings (SSSR count). The Kier molecular flexibility index (Phi) is 6.17. The number of aromatic nitrogens is 1. The van der Waals surface area contributed by atoms with Crippen LogP contribution in [0.4, 0.5) is 4.39 Å². The van der Waals surface area contributed by atoms with Crippen LogP contribution in [0.1, 0.15) is 54.7 Å². The van der Waals surface area contributed by atoms with Crippen LogP contribution in [0.15, 0.2) is 66.9 Å². The van der Waals surface area contributed by atoms with Crippen molar-refractivity contribution < 1.29 is 13.9 Å². The van der Waals surface area contributed by atoms with E-state index in [0.29, 0.717) is 30.0 Å². The SMILES string of the molecule is CC1CCCCC1n1cccc1C(=O)NCc1ccc(Oc2ccc(F)cc2)cc1. The van der Waals surface area contributed by atoms with E-state index in [1.807, 2.05) is 42.6 Å². The first-order valence-corrected chi connectivity index (χ1v) is 10.6. The second kappa shape index (κ2) is 9.16. The summed E-state index contributed by atoms with van der Waals surface area (Å²) in [6, 6.07) is 17.7. The van der Waals surface area contributed by atoms with Gasteiger partial charge in [0.2, 0.25) is 0 Å². The molecule has 156 valence electrons. The third-order valence-corrected chi connectivity index (χ3v) is 5.86. The predicted molar refractivity (Wildman–Crippen MR) is 115 cm³/mol. The number of amides is 1. The number of rotatable bonds is 6. The molecule has 0 bridgehead atoms. The Bertz CT molecular complexity index is 979. The van der Waals surface area contributed by atoms with Crippen LogP contribution >= 0.6 is 0 Å². The van der Waals surface area contributed by atoms with Crippen molar-refractivity contribution in [3.63, 3.8) is 0 Å². The third kappa shape index (κ3) is 4.73. The molecule has 5 heteroatoms. The topological polar surface area (TPSA) is 43.3 Å². The van der Waals surface area contributed by atoms with E-state index in [1.54, 1.807) is 12.1 Å². The normalized spacial score (nSPS) is 18.7. The zero-order valence-electron chi connectivity index (χ0n) is 17.2. The molecule has 1 saturated carbocycles. The average molecular weight is 407 g/mol. The number of benzene rings is 2. The van der Waals surface area contributed by atoms with E-state index in [2.05, 4.69) is 16.8 Å². The van der Waals surface area contributed by atoms with Crippen molar-refractivity contribution in [2.24, 2.45) is 5.92 Å². The maximum atomic E-state index is 13.0. The second-order valence-electron chi connectivity index (χ2n) is 8.01. The molecule has 0 spiro atoms. The minimum atomic E-state index is -0.294. The average Bonchev–Trinajstić information content (AvgIpc) is 3.25. The Balaban J connectivity index is 1.35. The highest BCUT2D eigenvalue weighted by molar-refractivity contribution is 5.92. The first-order chi connectivity index (χ1) is 14.6. The van der Waals surface area contributed by atoms with E-state index in [1.165, 1.54) is 31.4 Å². The monoisotopic (exact) mass is 406 g/mol. The van der Waals surface area contributed by atoms with Gasteiger partial charge in [-0.15, -0.1) is 0 Å². The lowest BCUT2D eigenvalue weighted by Gasteiger charge is -2.31. The van der Waals surface area contributed by atoms with E-state index in [-0.39, 0.29) is 11.7 Å². The van der Waals surface area contributed by atoms with Gasteiger partial charge in [0.25, 0.3) is 5.91 Å². The van der Waals surface area contributed by atoms with E-state index in [4.69, 9.17) is 4.74 Å². The van der Waals surface area contributed by atoms with E-state index >= 15 is 0 Å². The molecule has 1 amide bonds. The molecule has 2 aromatic carbocycles. The summed E-state index contributed by atoms with van der Waals surface area (Å²) >= 11 is 0. The second-order valence-corrected chi connectivity index (χ2v) is 8.01. The van der Waals surface area contributed by atoms with Gasteiger partial charge in [-0.2, -0.15) is 0 Å². The van der Waals surface area contributed by atoms with Crippen molar-refractivity contribution in [1.29, 1.82) is 0 Å². The molecule has 1 aromatic heterocycles. The first kappa shape index (κ1) is 20.2. The van der Waals surface area contributed by atoms with E-state index in [0.717, 1.165) is 17.7 Å². The van der Waals surface area contributed by atoms with Gasteiger partial charge in [-0.3, -0.25) is 4.79 Å². The highest BCUT2D eigenvalue weighted by Gasteiger charge is 2.25. The molecule has 1 aliphatic rings. The lowest BCUT2D eigenvalue weighted by molar-refractivity contribution is 0.0934. The zero-order valence-corrected chi connectivity index (χ0v) is 17.2. The quantitative estimate of drug-likeness (QED) is 0.537. The molecular formula is C25H27FN2O2. The van der Waals surface area contributed by atoms with Crippen LogP contribution in [0.2, 0.25) is 0 Å². The van der Waals surface area contributed by atoms with Gasteiger partial charge in [-0.1, -0.05) is 31.9 Å². The Hall–Kier alpha value is -3.08. The third-order valence-electron chi connectivity index (χ3n) is 5.86. The van der Waals surface area contributed by atoms with Crippen molar-refractivity contribution in [3.05, 3.63) is 83.9 Å². The number of ether oxygens (including phenoxy) is 1. The van der Waals surface area contributed by atoms with Gasteiger partial charge in [0.15, 0.2) is 0 Å². The van der Waals surface area contributed by atoms with Gasteiger partial charge in [0, 0.05) is 18.8 Å². The maximum Gasteiger partial charge on any atom is 0.268 e. The van der Waals surface area contributed by atoms with Crippen LogP contribution in [0.25, 0.3) is 0 Å². The fourth-order valence-corrected chi connectivity index (χ4v) is 4.17. The fourth-order valence-electron chi connectivity index (χ4n) is 4.17. The molecule has 0 radical (unpaired) electrons. The zero-order chi connectivity index (χ0) is 20.9. The van der Waals surface area contributed by atoms with Gasteiger partial charge < -0.3 is 14.6 Å². The van der Waals surface area contributed by atoms with Crippen molar-refractivity contribution in [2.45, 2.75) is 45.2 Å². The number of hydrogen-bond donors (Lipinski definition) is 1. The number of carbonyl (C=O) groups is 1. The number of carbonyl (C=O) groups excluding carboxylic acids is 1. The van der Waals surface area contributed by atoms with Crippen LogP contribution in [0.3, 0.4) is 0 Å². The smallest absolute Gasteiger partial charge is 0.268 e. The first-order valence-electron chi connectivity index (χ1n) is 10.6. The van der Waals surface area contributed by atoms with E-state index in [9.17, 15) is 9.18 Å². The van der Waals surface area contributed by atoms with Crippen molar-refractivity contribution in [3.8, 4) is 11.5 Å². The number of nitrogens with zero attached hydrogens (tertiary/aromatic N) is 1. The summed E-state index contributed by atoms with van der Waals surface area (Å²) in [6.45, 7) is 2.72. The van der Waals surface area contributed by atoms with Crippen molar-refractivity contribution in [1.82, 2.24) is 9.88 Å². The molecule has 2 atom stereocenters. The molecule has 1 heterocycles. The van der Waals surface area contributed by atoms with Gasteiger partial charge in [0.1, 0.15) is 23.0 Å². The molecule has 1 aliphatic carbocycles. The number of halogens is 1. The minimum Gasteiger partial charge on any atom is -0.457 e. The number of nitrogens with one attached hydrogen (secondary N) is 1. The largest absolute Gasteiger partial charge is 0.457 e. The Morgan fingerprint density at radius 3 is 2.40 bits per heavy atom. The summed E-state index contributed by atoms with van der Waals surface area (Å²) in [4.78, 5) is 12.8. The molecular weight excluding hydrogens is 379 g/mol. The lowest BCUT2D eigenvalue weighted by Crippen LogP contribution is -2.29. The summed E-state index contributed by atoms with van der Waals surface area (Å²) in [7, 11) is 0. The lowest BCUT2D eigenvalue weighted by atomic mass is 9.85.